The minimum absolute atomic E-state index is 0. The molecule has 9 heteroatoms. The van der Waals surface area contributed by atoms with E-state index in [1.165, 1.54) is 0 Å². The number of carbonyl (C=O) groups is 1. The van der Waals surface area contributed by atoms with E-state index in [0.29, 0.717) is 13.1 Å². The third kappa shape index (κ3) is 7.82. The second-order valence-electron chi connectivity index (χ2n) is 8.26. The van der Waals surface area contributed by atoms with E-state index in [1.54, 1.807) is 11.3 Å². The van der Waals surface area contributed by atoms with Crippen LogP contribution in [0.4, 0.5) is 0 Å². The van der Waals surface area contributed by atoms with Crippen molar-refractivity contribution in [1.82, 2.24) is 25.4 Å². The van der Waals surface area contributed by atoms with Gasteiger partial charge in [-0.2, -0.15) is 0 Å². The van der Waals surface area contributed by atoms with E-state index in [1.807, 2.05) is 20.9 Å². The summed E-state index contributed by atoms with van der Waals surface area (Å²) in [4.78, 5) is 25.5. The Balaban J connectivity index is 0.00000392. The summed E-state index contributed by atoms with van der Waals surface area (Å²) in [5.41, 5.74) is 1.21. The number of guanidine groups is 1. The molecule has 0 spiro atoms. The topological polar surface area (TPSA) is 72.9 Å². The van der Waals surface area contributed by atoms with Crippen LogP contribution in [0.3, 0.4) is 0 Å². The molecular weight excluding hydrogens is 487 g/mol. The number of hydrogen-bond acceptors (Lipinski definition) is 5. The predicted octanol–water partition coefficient (Wildman–Crippen LogP) is 2.28. The fraction of sp³-hybridized carbons (Fsp3) is 0.737. The van der Waals surface area contributed by atoms with Gasteiger partial charge in [0.05, 0.1) is 18.8 Å². The third-order valence-corrected chi connectivity index (χ3v) is 5.27. The zero-order chi connectivity index (χ0) is 20.0. The number of aliphatic imine (C=N–C) groups is 1. The van der Waals surface area contributed by atoms with Gasteiger partial charge in [-0.3, -0.25) is 14.7 Å². The summed E-state index contributed by atoms with van der Waals surface area (Å²) in [7, 11) is 1.81. The van der Waals surface area contributed by atoms with E-state index in [4.69, 9.17) is 4.98 Å². The highest BCUT2D eigenvalue weighted by Gasteiger charge is 2.22. The first-order valence-corrected chi connectivity index (χ1v) is 10.5. The van der Waals surface area contributed by atoms with Gasteiger partial charge in [-0.25, -0.2) is 4.98 Å². The Morgan fingerprint density at radius 2 is 1.93 bits per heavy atom. The van der Waals surface area contributed by atoms with Gasteiger partial charge in [0.25, 0.3) is 0 Å². The second kappa shape index (κ2) is 11.3. The summed E-state index contributed by atoms with van der Waals surface area (Å²) in [5.74, 6) is 0.994. The lowest BCUT2D eigenvalue weighted by Gasteiger charge is -2.36. The first kappa shape index (κ1) is 25.1. The van der Waals surface area contributed by atoms with Crippen molar-refractivity contribution in [1.29, 1.82) is 0 Å². The van der Waals surface area contributed by atoms with E-state index < -0.39 is 0 Å². The number of carbonyl (C=O) groups excluding carboxylic acids is 1. The maximum Gasteiger partial charge on any atom is 0.234 e. The van der Waals surface area contributed by atoms with Crippen molar-refractivity contribution >= 4 is 47.2 Å². The van der Waals surface area contributed by atoms with Gasteiger partial charge in [-0.15, -0.1) is 35.3 Å². The maximum atomic E-state index is 11.9. The van der Waals surface area contributed by atoms with E-state index in [0.717, 1.165) is 42.8 Å². The van der Waals surface area contributed by atoms with Crippen molar-refractivity contribution < 1.29 is 4.79 Å². The minimum atomic E-state index is 0. The second-order valence-corrected chi connectivity index (χ2v) is 9.21. The summed E-state index contributed by atoms with van der Waals surface area (Å²) >= 11 is 1.69. The zero-order valence-corrected chi connectivity index (χ0v) is 21.1. The molecule has 1 saturated heterocycles. The molecule has 1 fully saturated rings. The van der Waals surface area contributed by atoms with Crippen molar-refractivity contribution in [2.45, 2.75) is 52.6 Å². The molecule has 1 aromatic heterocycles. The SMILES string of the molecule is CN=C(NCc1nc(C(C)(C)C)cs1)N1CCN(CC(=O)NC(C)C)CC1.I. The number of piperazine rings is 1. The van der Waals surface area contributed by atoms with Crippen LogP contribution in [0.2, 0.25) is 0 Å². The molecule has 28 heavy (non-hydrogen) atoms. The van der Waals surface area contributed by atoms with Crippen LogP contribution in [0, 0.1) is 0 Å². The van der Waals surface area contributed by atoms with E-state index in [9.17, 15) is 4.79 Å². The molecule has 0 aromatic carbocycles. The Morgan fingerprint density at radius 3 is 2.43 bits per heavy atom. The Bertz CT molecular complexity index is 647. The molecule has 0 saturated carbocycles. The monoisotopic (exact) mass is 522 g/mol. The predicted molar refractivity (Wildman–Crippen MR) is 128 cm³/mol. The molecule has 2 rings (SSSR count). The lowest BCUT2D eigenvalue weighted by molar-refractivity contribution is -0.123. The minimum Gasteiger partial charge on any atom is -0.353 e. The van der Waals surface area contributed by atoms with Gasteiger partial charge >= 0.3 is 0 Å². The first-order valence-electron chi connectivity index (χ1n) is 9.61. The van der Waals surface area contributed by atoms with Crippen molar-refractivity contribution in [2.75, 3.05) is 39.8 Å². The molecular formula is C19H35IN6OS. The Morgan fingerprint density at radius 1 is 1.29 bits per heavy atom. The van der Waals surface area contributed by atoms with Crippen LogP contribution in [-0.2, 0) is 16.8 Å². The van der Waals surface area contributed by atoms with Crippen LogP contribution in [0.5, 0.6) is 0 Å². The number of halogens is 1. The Hall–Kier alpha value is -0.940. The van der Waals surface area contributed by atoms with Crippen LogP contribution >= 0.6 is 35.3 Å². The van der Waals surface area contributed by atoms with Crippen LogP contribution in [0.25, 0.3) is 0 Å². The van der Waals surface area contributed by atoms with Gasteiger partial charge < -0.3 is 15.5 Å². The van der Waals surface area contributed by atoms with Crippen molar-refractivity contribution in [3.05, 3.63) is 16.1 Å². The van der Waals surface area contributed by atoms with Crippen molar-refractivity contribution in [3.63, 3.8) is 0 Å². The highest BCUT2D eigenvalue weighted by molar-refractivity contribution is 14.0. The quantitative estimate of drug-likeness (QED) is 0.353. The largest absolute Gasteiger partial charge is 0.353 e. The molecule has 1 aromatic rings. The maximum absolute atomic E-state index is 11.9. The molecule has 1 aliphatic heterocycles. The highest BCUT2D eigenvalue weighted by atomic mass is 127. The Kier molecular flexibility index (Phi) is 10.1. The lowest BCUT2D eigenvalue weighted by Crippen LogP contribution is -2.54. The van der Waals surface area contributed by atoms with E-state index in [2.05, 4.69) is 51.6 Å². The van der Waals surface area contributed by atoms with Gasteiger partial charge in [0.2, 0.25) is 5.91 Å². The van der Waals surface area contributed by atoms with Gasteiger partial charge in [0, 0.05) is 50.1 Å². The normalized spacial score (nSPS) is 16.1. The average molecular weight is 523 g/mol. The number of aromatic nitrogens is 1. The van der Waals surface area contributed by atoms with Crippen LogP contribution in [0.15, 0.2) is 10.4 Å². The molecule has 7 nitrogen and oxygen atoms in total. The summed E-state index contributed by atoms with van der Waals surface area (Å²) < 4.78 is 0. The van der Waals surface area contributed by atoms with Gasteiger partial charge in [0.1, 0.15) is 5.01 Å². The van der Waals surface area contributed by atoms with E-state index >= 15 is 0 Å². The molecule has 1 aliphatic rings. The molecule has 2 heterocycles. The molecule has 0 bridgehead atoms. The Labute approximate surface area is 190 Å². The smallest absolute Gasteiger partial charge is 0.234 e. The van der Waals surface area contributed by atoms with Gasteiger partial charge in [-0.05, 0) is 13.8 Å². The van der Waals surface area contributed by atoms with Crippen LogP contribution in [-0.4, -0.2) is 72.5 Å². The molecule has 0 unspecified atom stereocenters. The molecule has 0 aliphatic carbocycles. The number of nitrogens with one attached hydrogen (secondary N) is 2. The van der Waals surface area contributed by atoms with E-state index in [-0.39, 0.29) is 41.3 Å². The van der Waals surface area contributed by atoms with Gasteiger partial charge in [0.15, 0.2) is 5.96 Å². The fourth-order valence-corrected chi connectivity index (χ4v) is 3.87. The number of rotatable bonds is 5. The van der Waals surface area contributed by atoms with Crippen molar-refractivity contribution in [3.8, 4) is 0 Å². The van der Waals surface area contributed by atoms with Crippen molar-refractivity contribution in [2.24, 2.45) is 4.99 Å². The van der Waals surface area contributed by atoms with Crippen LogP contribution < -0.4 is 10.6 Å². The first-order chi connectivity index (χ1) is 12.7. The molecule has 160 valence electrons. The summed E-state index contributed by atoms with van der Waals surface area (Å²) in [6.45, 7) is 15.1. The molecule has 0 radical (unpaired) electrons. The van der Waals surface area contributed by atoms with Crippen LogP contribution in [0.1, 0.15) is 45.3 Å². The number of amides is 1. The molecule has 0 atom stereocenters. The van der Waals surface area contributed by atoms with Gasteiger partial charge in [-0.1, -0.05) is 20.8 Å². The number of thiazole rings is 1. The third-order valence-electron chi connectivity index (χ3n) is 4.42. The summed E-state index contributed by atoms with van der Waals surface area (Å²) in [6, 6.07) is 0.187. The standard InChI is InChI=1S/C19H34N6OS.HI/c1-14(2)22-16(26)12-24-7-9-25(10-8-24)18(20-6)21-11-17-23-15(13-27-17)19(3,4)5;/h13-14H,7-12H2,1-6H3,(H,20,21)(H,22,26);1H. The fourth-order valence-electron chi connectivity index (χ4n) is 2.91. The average Bonchev–Trinajstić information content (AvgIpc) is 3.05. The molecule has 2 N–H and O–H groups in total. The summed E-state index contributed by atoms with van der Waals surface area (Å²) in [6.07, 6.45) is 0. The lowest BCUT2D eigenvalue weighted by atomic mass is 9.93. The number of nitrogens with zero attached hydrogens (tertiary/aromatic N) is 4. The number of hydrogen-bond donors (Lipinski definition) is 2. The molecule has 1 amide bonds. The highest BCUT2D eigenvalue weighted by Crippen LogP contribution is 2.23. The zero-order valence-electron chi connectivity index (χ0n) is 17.9. The summed E-state index contributed by atoms with van der Waals surface area (Å²) in [5, 5.41) is 9.59.